The van der Waals surface area contributed by atoms with Gasteiger partial charge in [-0.1, -0.05) is 42.7 Å². The van der Waals surface area contributed by atoms with Crippen LogP contribution in [0.1, 0.15) is 43.1 Å². The molecule has 3 rings (SSSR count). The molecule has 128 valence electrons. The smallest absolute Gasteiger partial charge is 0.229 e. The minimum Gasteiger partial charge on any atom is -0.377 e. The molecule has 2 heterocycles. The van der Waals surface area contributed by atoms with Gasteiger partial charge in [0.15, 0.2) is 5.82 Å². The van der Waals surface area contributed by atoms with Crippen LogP contribution < -0.4 is 0 Å². The van der Waals surface area contributed by atoms with E-state index in [2.05, 4.69) is 10.1 Å². The van der Waals surface area contributed by atoms with Gasteiger partial charge in [-0.15, -0.1) is 0 Å². The molecule has 0 unspecified atom stereocenters. The SMILES string of the molecule is CC(C)c1nc([C@@H]2COCCN2C(=O)Cc2cccc(Cl)c2)no1. The summed E-state index contributed by atoms with van der Waals surface area (Å²) in [7, 11) is 0. The largest absolute Gasteiger partial charge is 0.377 e. The standard InChI is InChI=1S/C17H20ClN3O3/c1-11(2)17-19-16(20-24-17)14-10-23-7-6-21(14)15(22)9-12-4-3-5-13(18)8-12/h3-5,8,11,14H,6-7,9-10H2,1-2H3/t14-/m0/s1. The summed E-state index contributed by atoms with van der Waals surface area (Å²) in [6, 6.07) is 7.02. The lowest BCUT2D eigenvalue weighted by atomic mass is 10.1. The highest BCUT2D eigenvalue weighted by atomic mass is 35.5. The lowest BCUT2D eigenvalue weighted by molar-refractivity contribution is -0.139. The molecule has 0 radical (unpaired) electrons. The summed E-state index contributed by atoms with van der Waals surface area (Å²) in [5, 5.41) is 4.66. The van der Waals surface area contributed by atoms with Crippen molar-refractivity contribution in [2.45, 2.75) is 32.2 Å². The minimum atomic E-state index is -0.318. The second-order valence-electron chi connectivity index (χ2n) is 6.13. The minimum absolute atomic E-state index is 0.00136. The number of hydrogen-bond acceptors (Lipinski definition) is 5. The number of amides is 1. The highest BCUT2D eigenvalue weighted by Crippen LogP contribution is 2.24. The van der Waals surface area contributed by atoms with Gasteiger partial charge in [0.05, 0.1) is 19.6 Å². The van der Waals surface area contributed by atoms with E-state index < -0.39 is 0 Å². The quantitative estimate of drug-likeness (QED) is 0.848. The zero-order chi connectivity index (χ0) is 17.1. The molecular formula is C17H20ClN3O3. The van der Waals surface area contributed by atoms with Crippen molar-refractivity contribution in [1.29, 1.82) is 0 Å². The number of nitrogens with zero attached hydrogens (tertiary/aromatic N) is 3. The monoisotopic (exact) mass is 349 g/mol. The van der Waals surface area contributed by atoms with Crippen LogP contribution in [-0.2, 0) is 16.0 Å². The van der Waals surface area contributed by atoms with Crippen molar-refractivity contribution in [2.24, 2.45) is 0 Å². The second kappa shape index (κ2) is 7.32. The van der Waals surface area contributed by atoms with Gasteiger partial charge in [-0.3, -0.25) is 4.79 Å². The van der Waals surface area contributed by atoms with Gasteiger partial charge in [0.2, 0.25) is 11.8 Å². The normalized spacial score (nSPS) is 18.2. The van der Waals surface area contributed by atoms with Crippen LogP contribution in [0.5, 0.6) is 0 Å². The first-order valence-electron chi connectivity index (χ1n) is 7.99. The van der Waals surface area contributed by atoms with Crippen molar-refractivity contribution in [2.75, 3.05) is 19.8 Å². The molecule has 1 aliphatic rings. The number of halogens is 1. The topological polar surface area (TPSA) is 68.5 Å². The molecule has 1 fully saturated rings. The van der Waals surface area contributed by atoms with Crippen LogP contribution in [0.15, 0.2) is 28.8 Å². The maximum Gasteiger partial charge on any atom is 0.229 e. The van der Waals surface area contributed by atoms with E-state index in [0.717, 1.165) is 5.56 Å². The Morgan fingerprint density at radius 2 is 2.29 bits per heavy atom. The van der Waals surface area contributed by atoms with Crippen molar-refractivity contribution in [3.8, 4) is 0 Å². The van der Waals surface area contributed by atoms with Crippen molar-refractivity contribution < 1.29 is 14.1 Å². The number of benzene rings is 1. The van der Waals surface area contributed by atoms with E-state index in [4.69, 9.17) is 20.9 Å². The van der Waals surface area contributed by atoms with Crippen LogP contribution in [0.3, 0.4) is 0 Å². The fraction of sp³-hybridized carbons (Fsp3) is 0.471. The van der Waals surface area contributed by atoms with Crippen LogP contribution in [0.4, 0.5) is 0 Å². The van der Waals surface area contributed by atoms with Gasteiger partial charge in [-0.25, -0.2) is 0 Å². The number of ether oxygens (including phenoxy) is 1. The van der Waals surface area contributed by atoms with Crippen molar-refractivity contribution in [3.05, 3.63) is 46.6 Å². The summed E-state index contributed by atoms with van der Waals surface area (Å²) < 4.78 is 10.8. The molecule has 1 aromatic heterocycles. The van der Waals surface area contributed by atoms with Crippen molar-refractivity contribution in [3.63, 3.8) is 0 Å². The first-order valence-corrected chi connectivity index (χ1v) is 8.37. The second-order valence-corrected chi connectivity index (χ2v) is 6.57. The highest BCUT2D eigenvalue weighted by molar-refractivity contribution is 6.30. The molecular weight excluding hydrogens is 330 g/mol. The number of aromatic nitrogens is 2. The first kappa shape index (κ1) is 16.9. The van der Waals surface area contributed by atoms with E-state index in [0.29, 0.717) is 36.5 Å². The average molecular weight is 350 g/mol. The Kier molecular flexibility index (Phi) is 5.16. The Bertz CT molecular complexity index is 717. The van der Waals surface area contributed by atoms with Crippen LogP contribution >= 0.6 is 11.6 Å². The molecule has 0 spiro atoms. The molecule has 0 N–H and O–H groups in total. The zero-order valence-corrected chi connectivity index (χ0v) is 14.5. The molecule has 6 nitrogen and oxygen atoms in total. The van der Waals surface area contributed by atoms with Gasteiger partial charge in [-0.05, 0) is 17.7 Å². The van der Waals surface area contributed by atoms with Gasteiger partial charge < -0.3 is 14.2 Å². The van der Waals surface area contributed by atoms with Gasteiger partial charge >= 0.3 is 0 Å². The van der Waals surface area contributed by atoms with Crippen LogP contribution in [0, 0.1) is 0 Å². The molecule has 2 aromatic rings. The summed E-state index contributed by atoms with van der Waals surface area (Å²) in [4.78, 5) is 18.9. The summed E-state index contributed by atoms with van der Waals surface area (Å²) in [6.45, 7) is 5.36. The van der Waals surface area contributed by atoms with Gasteiger partial charge in [0, 0.05) is 17.5 Å². The molecule has 0 aliphatic carbocycles. The third-order valence-electron chi connectivity index (χ3n) is 3.94. The van der Waals surface area contributed by atoms with Crippen molar-refractivity contribution in [1.82, 2.24) is 15.0 Å². The summed E-state index contributed by atoms with van der Waals surface area (Å²) in [5.74, 6) is 1.21. The third kappa shape index (κ3) is 3.76. The average Bonchev–Trinajstić information content (AvgIpc) is 3.05. The van der Waals surface area contributed by atoms with Crippen LogP contribution in [-0.4, -0.2) is 40.7 Å². The predicted molar refractivity (Wildman–Crippen MR) is 88.8 cm³/mol. The molecule has 24 heavy (non-hydrogen) atoms. The highest BCUT2D eigenvalue weighted by Gasteiger charge is 2.32. The maximum atomic E-state index is 12.7. The zero-order valence-electron chi connectivity index (χ0n) is 13.7. The Hall–Kier alpha value is -1.92. The van der Waals surface area contributed by atoms with E-state index in [1.165, 1.54) is 0 Å². The maximum absolute atomic E-state index is 12.7. The molecule has 1 aromatic carbocycles. The Labute approximate surface area is 145 Å². The van der Waals surface area contributed by atoms with Gasteiger partial charge in [-0.2, -0.15) is 4.98 Å². The number of rotatable bonds is 4. The molecule has 0 saturated carbocycles. The first-order chi connectivity index (χ1) is 11.5. The van der Waals surface area contributed by atoms with Crippen LogP contribution in [0.2, 0.25) is 5.02 Å². The van der Waals surface area contributed by atoms with E-state index in [1.54, 1.807) is 17.0 Å². The summed E-state index contributed by atoms with van der Waals surface area (Å²) in [5.41, 5.74) is 0.883. The number of carbonyl (C=O) groups is 1. The van der Waals surface area contributed by atoms with Gasteiger partial charge in [0.1, 0.15) is 6.04 Å². The molecule has 1 aliphatic heterocycles. The van der Waals surface area contributed by atoms with E-state index in [9.17, 15) is 4.79 Å². The Morgan fingerprint density at radius 1 is 1.46 bits per heavy atom. The number of carbonyl (C=O) groups excluding carboxylic acids is 1. The number of morpholine rings is 1. The van der Waals surface area contributed by atoms with Crippen molar-refractivity contribution >= 4 is 17.5 Å². The van der Waals surface area contributed by atoms with E-state index in [-0.39, 0.29) is 24.3 Å². The fourth-order valence-corrected chi connectivity index (χ4v) is 2.87. The third-order valence-corrected chi connectivity index (χ3v) is 4.18. The lowest BCUT2D eigenvalue weighted by Gasteiger charge is -2.33. The number of hydrogen-bond donors (Lipinski definition) is 0. The molecule has 0 bridgehead atoms. The van der Waals surface area contributed by atoms with Crippen LogP contribution in [0.25, 0.3) is 0 Å². The van der Waals surface area contributed by atoms with Gasteiger partial charge in [0.25, 0.3) is 0 Å². The Balaban J connectivity index is 1.77. The summed E-state index contributed by atoms with van der Waals surface area (Å²) in [6.07, 6.45) is 0.284. The lowest BCUT2D eigenvalue weighted by Crippen LogP contribution is -2.44. The summed E-state index contributed by atoms with van der Waals surface area (Å²) >= 11 is 5.99. The molecule has 7 heteroatoms. The fourth-order valence-electron chi connectivity index (χ4n) is 2.66. The molecule has 1 saturated heterocycles. The van der Waals surface area contributed by atoms with E-state index >= 15 is 0 Å². The Morgan fingerprint density at radius 3 is 3.00 bits per heavy atom. The molecule has 1 atom stereocenters. The molecule has 1 amide bonds. The predicted octanol–water partition coefficient (Wildman–Crippen LogP) is 2.99. The van der Waals surface area contributed by atoms with E-state index in [1.807, 2.05) is 26.0 Å².